The molecule has 0 aliphatic carbocycles. The molecule has 0 amide bonds. The zero-order chi connectivity index (χ0) is 24.2. The zero-order valence-electron chi connectivity index (χ0n) is 20.0. The average molecular weight is 480 g/mol. The fourth-order valence-corrected chi connectivity index (χ4v) is 4.60. The van der Waals surface area contributed by atoms with Gasteiger partial charge in [-0.15, -0.1) is 0 Å². The summed E-state index contributed by atoms with van der Waals surface area (Å²) in [5, 5.41) is 0. The maximum absolute atomic E-state index is 13.8. The van der Waals surface area contributed by atoms with Gasteiger partial charge in [0.2, 0.25) is 0 Å². The maximum atomic E-state index is 13.8. The smallest absolute Gasteiger partial charge is 0.404 e. The van der Waals surface area contributed by atoms with Crippen LogP contribution in [-0.2, 0) is 36.1 Å². The molecule has 0 spiro atoms. The van der Waals surface area contributed by atoms with Crippen molar-refractivity contribution in [3.63, 3.8) is 0 Å². The van der Waals surface area contributed by atoms with Gasteiger partial charge >= 0.3 is 14.9 Å². The molecular formula is C26H30BO6P. The fourth-order valence-electron chi connectivity index (χ4n) is 3.39. The van der Waals surface area contributed by atoms with E-state index in [0.717, 1.165) is 11.1 Å². The van der Waals surface area contributed by atoms with Crippen LogP contribution in [0.1, 0.15) is 38.8 Å². The van der Waals surface area contributed by atoms with E-state index >= 15 is 0 Å². The lowest BCUT2D eigenvalue weighted by Crippen LogP contribution is -2.41. The first-order valence-corrected chi connectivity index (χ1v) is 12.7. The van der Waals surface area contributed by atoms with Crippen molar-refractivity contribution in [3.8, 4) is 5.75 Å². The normalized spacial score (nSPS) is 17.0. The van der Waals surface area contributed by atoms with Gasteiger partial charge in [0.1, 0.15) is 5.75 Å². The molecule has 0 radical (unpaired) electrons. The molecule has 1 aliphatic rings. The summed E-state index contributed by atoms with van der Waals surface area (Å²) in [6.45, 7) is 8.07. The van der Waals surface area contributed by atoms with Crippen molar-refractivity contribution in [3.05, 3.63) is 96.1 Å². The number of benzene rings is 3. The van der Waals surface area contributed by atoms with Crippen LogP contribution in [0.5, 0.6) is 5.75 Å². The molecule has 1 saturated heterocycles. The lowest BCUT2D eigenvalue weighted by Gasteiger charge is -2.32. The maximum Gasteiger partial charge on any atom is 0.530 e. The first-order chi connectivity index (χ1) is 16.2. The third-order valence-electron chi connectivity index (χ3n) is 6.10. The van der Waals surface area contributed by atoms with E-state index in [1.165, 1.54) is 0 Å². The topological polar surface area (TPSA) is 63.2 Å². The molecule has 4 rings (SSSR count). The van der Waals surface area contributed by atoms with Crippen LogP contribution in [-0.4, -0.2) is 18.3 Å². The molecule has 0 aromatic heterocycles. The summed E-state index contributed by atoms with van der Waals surface area (Å²) in [5.74, 6) is 0.324. The van der Waals surface area contributed by atoms with Crippen molar-refractivity contribution in [1.29, 1.82) is 0 Å². The van der Waals surface area contributed by atoms with E-state index in [-0.39, 0.29) is 13.2 Å². The molecule has 3 aromatic rings. The van der Waals surface area contributed by atoms with Crippen molar-refractivity contribution in [2.75, 3.05) is 0 Å². The van der Waals surface area contributed by atoms with Gasteiger partial charge in [0.05, 0.1) is 24.4 Å². The molecule has 1 aliphatic heterocycles. The van der Waals surface area contributed by atoms with Crippen molar-refractivity contribution >= 4 is 20.4 Å². The Morgan fingerprint density at radius 1 is 0.706 bits per heavy atom. The molecule has 1 heterocycles. The summed E-state index contributed by atoms with van der Waals surface area (Å²) in [6, 6.07) is 26.1. The minimum atomic E-state index is -4.01. The molecular weight excluding hydrogens is 450 g/mol. The standard InChI is InChI=1S/C26H30BO6P/c1-25(2)26(3,4)33-27(32-25)23-17-11-12-18-24(23)31-34(28,29-19-21-13-7-5-8-14-21)30-20-22-15-9-6-10-16-22/h5-18H,19-20H2,1-4H3. The van der Waals surface area contributed by atoms with Gasteiger partial charge in [0, 0.05) is 5.46 Å². The number of para-hydroxylation sites is 1. The van der Waals surface area contributed by atoms with E-state index < -0.39 is 26.1 Å². The monoisotopic (exact) mass is 480 g/mol. The lowest BCUT2D eigenvalue weighted by molar-refractivity contribution is 0.00578. The summed E-state index contributed by atoms with van der Waals surface area (Å²) in [6.07, 6.45) is 0. The summed E-state index contributed by atoms with van der Waals surface area (Å²) in [4.78, 5) is 0. The van der Waals surface area contributed by atoms with E-state index in [1.807, 2.05) is 100 Å². The van der Waals surface area contributed by atoms with Crippen LogP contribution >= 0.6 is 7.82 Å². The number of phosphoric acid groups is 1. The number of hydrogen-bond acceptors (Lipinski definition) is 6. The molecule has 0 N–H and O–H groups in total. The van der Waals surface area contributed by atoms with Gasteiger partial charge in [0.25, 0.3) is 0 Å². The highest BCUT2D eigenvalue weighted by atomic mass is 31.2. The van der Waals surface area contributed by atoms with E-state index in [1.54, 1.807) is 12.1 Å². The Morgan fingerprint density at radius 3 is 1.65 bits per heavy atom. The molecule has 0 atom stereocenters. The third-order valence-corrected chi connectivity index (χ3v) is 7.41. The van der Waals surface area contributed by atoms with E-state index in [2.05, 4.69) is 0 Å². The quantitative estimate of drug-likeness (QED) is 0.281. The van der Waals surface area contributed by atoms with Gasteiger partial charge in [-0.2, -0.15) is 0 Å². The Bertz CT molecular complexity index is 1070. The minimum absolute atomic E-state index is 0.0750. The largest absolute Gasteiger partial charge is 0.530 e. The number of rotatable bonds is 9. The zero-order valence-corrected chi connectivity index (χ0v) is 20.9. The summed E-state index contributed by atoms with van der Waals surface area (Å²) < 4.78 is 43.7. The van der Waals surface area contributed by atoms with Crippen LogP contribution in [0.2, 0.25) is 0 Å². The molecule has 3 aromatic carbocycles. The first-order valence-electron chi connectivity index (χ1n) is 11.3. The highest BCUT2D eigenvalue weighted by molar-refractivity contribution is 7.48. The summed E-state index contributed by atoms with van der Waals surface area (Å²) >= 11 is 0. The molecule has 8 heteroatoms. The van der Waals surface area contributed by atoms with Gasteiger partial charge in [-0.05, 0) is 44.9 Å². The van der Waals surface area contributed by atoms with Gasteiger partial charge < -0.3 is 13.8 Å². The van der Waals surface area contributed by atoms with Gasteiger partial charge in [-0.1, -0.05) is 78.9 Å². The molecule has 1 fully saturated rings. The average Bonchev–Trinajstić information content (AvgIpc) is 3.05. The van der Waals surface area contributed by atoms with Crippen molar-refractivity contribution in [1.82, 2.24) is 0 Å². The van der Waals surface area contributed by atoms with E-state index in [9.17, 15) is 4.57 Å². The van der Waals surface area contributed by atoms with Crippen molar-refractivity contribution in [2.24, 2.45) is 0 Å². The van der Waals surface area contributed by atoms with Crippen LogP contribution in [0.15, 0.2) is 84.9 Å². The predicted molar refractivity (Wildman–Crippen MR) is 133 cm³/mol. The van der Waals surface area contributed by atoms with E-state index in [4.69, 9.17) is 22.9 Å². The minimum Gasteiger partial charge on any atom is -0.404 e. The Labute approximate surface area is 201 Å². The highest BCUT2D eigenvalue weighted by Gasteiger charge is 2.52. The first kappa shape index (κ1) is 24.7. The number of phosphoric ester groups is 1. The Morgan fingerprint density at radius 2 is 1.15 bits per heavy atom. The second-order valence-corrected chi connectivity index (χ2v) is 10.8. The lowest BCUT2D eigenvalue weighted by atomic mass is 9.78. The number of hydrogen-bond donors (Lipinski definition) is 0. The Hall–Kier alpha value is -2.41. The van der Waals surface area contributed by atoms with Crippen LogP contribution in [0, 0.1) is 0 Å². The summed E-state index contributed by atoms with van der Waals surface area (Å²) in [5.41, 5.74) is 1.28. The van der Waals surface area contributed by atoms with Gasteiger partial charge in [-0.25, -0.2) is 4.57 Å². The van der Waals surface area contributed by atoms with E-state index in [0.29, 0.717) is 11.2 Å². The van der Waals surface area contributed by atoms with Crippen LogP contribution in [0.25, 0.3) is 0 Å². The Kier molecular flexibility index (Phi) is 7.32. The predicted octanol–water partition coefficient (Wildman–Crippen LogP) is 5.91. The fraction of sp³-hybridized carbons (Fsp3) is 0.308. The second kappa shape index (κ2) is 10.1. The molecule has 6 nitrogen and oxygen atoms in total. The Balaban J connectivity index is 1.58. The molecule has 34 heavy (non-hydrogen) atoms. The summed E-state index contributed by atoms with van der Waals surface area (Å²) in [7, 11) is -4.70. The molecule has 0 unspecified atom stereocenters. The van der Waals surface area contributed by atoms with Gasteiger partial charge in [-0.3, -0.25) is 9.05 Å². The molecule has 0 saturated carbocycles. The second-order valence-electron chi connectivity index (χ2n) is 9.18. The van der Waals surface area contributed by atoms with Gasteiger partial charge in [0.15, 0.2) is 0 Å². The van der Waals surface area contributed by atoms with Crippen LogP contribution < -0.4 is 9.99 Å². The highest BCUT2D eigenvalue weighted by Crippen LogP contribution is 2.51. The van der Waals surface area contributed by atoms with Crippen molar-refractivity contribution in [2.45, 2.75) is 52.1 Å². The van der Waals surface area contributed by atoms with Crippen LogP contribution in [0.4, 0.5) is 0 Å². The van der Waals surface area contributed by atoms with Crippen molar-refractivity contribution < 1.29 is 27.4 Å². The van der Waals surface area contributed by atoms with Crippen LogP contribution in [0.3, 0.4) is 0 Å². The third kappa shape index (κ3) is 5.80. The molecule has 178 valence electrons. The SMILES string of the molecule is CC1(C)OB(c2ccccc2OP(=O)(OCc2ccccc2)OCc2ccccc2)OC1(C)C. The molecule has 0 bridgehead atoms.